The molecule has 0 aliphatic heterocycles. The lowest BCUT2D eigenvalue weighted by Gasteiger charge is -2.29. The third-order valence-electron chi connectivity index (χ3n) is 3.23. The Morgan fingerprint density at radius 2 is 2.17 bits per heavy atom. The van der Waals surface area contributed by atoms with Crippen molar-refractivity contribution >= 4 is 23.4 Å². The van der Waals surface area contributed by atoms with Crippen LogP contribution in [0.2, 0.25) is 0 Å². The highest BCUT2D eigenvalue weighted by atomic mass is 32.2. The first-order valence-corrected chi connectivity index (χ1v) is 7.46. The number of aryl methyl sites for hydroxylation is 1. The summed E-state index contributed by atoms with van der Waals surface area (Å²) in [5.41, 5.74) is 2.27. The van der Waals surface area contributed by atoms with E-state index in [4.69, 9.17) is 5.11 Å². The van der Waals surface area contributed by atoms with Crippen molar-refractivity contribution in [2.75, 3.05) is 24.0 Å². The van der Waals surface area contributed by atoms with Crippen molar-refractivity contribution in [1.29, 1.82) is 0 Å². The van der Waals surface area contributed by atoms with Crippen molar-refractivity contribution in [2.24, 2.45) is 0 Å². The Morgan fingerprint density at radius 1 is 1.50 bits per heavy atom. The zero-order valence-corrected chi connectivity index (χ0v) is 12.3. The van der Waals surface area contributed by atoms with Crippen molar-refractivity contribution in [3.63, 3.8) is 0 Å². The maximum absolute atomic E-state index is 11.0. The van der Waals surface area contributed by atoms with Crippen LogP contribution in [-0.4, -0.2) is 36.2 Å². The van der Waals surface area contributed by atoms with E-state index in [0.717, 1.165) is 23.4 Å². The summed E-state index contributed by atoms with van der Waals surface area (Å²) in [6.45, 7) is 4.02. The van der Waals surface area contributed by atoms with Crippen molar-refractivity contribution in [2.45, 2.75) is 26.3 Å². The molecule has 4 heteroatoms. The first-order valence-electron chi connectivity index (χ1n) is 6.07. The molecule has 18 heavy (non-hydrogen) atoms. The fraction of sp³-hybridized carbons (Fsp3) is 0.500. The molecule has 0 saturated heterocycles. The molecule has 1 aromatic rings. The molecule has 1 N–H and O–H groups in total. The minimum Gasteiger partial charge on any atom is -0.478 e. The number of carbonyl (C=O) groups is 1. The van der Waals surface area contributed by atoms with E-state index in [-0.39, 0.29) is 0 Å². The van der Waals surface area contributed by atoms with Gasteiger partial charge in [0, 0.05) is 24.5 Å². The predicted molar refractivity (Wildman–Crippen MR) is 79.0 cm³/mol. The van der Waals surface area contributed by atoms with E-state index in [2.05, 4.69) is 25.1 Å². The minimum atomic E-state index is -0.863. The van der Waals surface area contributed by atoms with E-state index >= 15 is 0 Å². The van der Waals surface area contributed by atoms with Crippen molar-refractivity contribution in [1.82, 2.24) is 0 Å². The van der Waals surface area contributed by atoms with Crippen LogP contribution >= 0.6 is 11.8 Å². The zero-order valence-electron chi connectivity index (χ0n) is 11.4. The predicted octanol–water partition coefficient (Wildman–Crippen LogP) is 3.27. The van der Waals surface area contributed by atoms with Gasteiger partial charge in [-0.05, 0) is 43.4 Å². The Balaban J connectivity index is 2.96. The first kappa shape index (κ1) is 14.9. The molecule has 1 unspecified atom stereocenters. The Morgan fingerprint density at radius 3 is 2.61 bits per heavy atom. The van der Waals surface area contributed by atoms with Crippen LogP contribution in [-0.2, 0) is 0 Å². The molecule has 3 nitrogen and oxygen atoms in total. The molecular formula is C14H21NO2S. The van der Waals surface area contributed by atoms with Crippen LogP contribution in [0.1, 0.15) is 29.3 Å². The number of rotatable bonds is 6. The SMILES string of the molecule is CCC(CSC)N(C)c1ccc(C(=O)O)c(C)c1. The van der Waals surface area contributed by atoms with Gasteiger partial charge in [0.2, 0.25) is 0 Å². The third kappa shape index (κ3) is 3.42. The van der Waals surface area contributed by atoms with E-state index in [1.165, 1.54) is 0 Å². The molecule has 0 spiro atoms. The molecule has 0 aromatic heterocycles. The van der Waals surface area contributed by atoms with Gasteiger partial charge >= 0.3 is 5.97 Å². The monoisotopic (exact) mass is 267 g/mol. The lowest BCUT2D eigenvalue weighted by atomic mass is 10.1. The maximum Gasteiger partial charge on any atom is 0.335 e. The molecule has 0 fully saturated rings. The Labute approximate surface area is 113 Å². The largest absolute Gasteiger partial charge is 0.478 e. The van der Waals surface area contributed by atoms with Gasteiger partial charge in [-0.25, -0.2) is 4.79 Å². The number of hydrogen-bond acceptors (Lipinski definition) is 3. The third-order valence-corrected chi connectivity index (χ3v) is 3.94. The second-order valence-electron chi connectivity index (χ2n) is 4.43. The summed E-state index contributed by atoms with van der Waals surface area (Å²) in [6, 6.07) is 6.01. The summed E-state index contributed by atoms with van der Waals surface area (Å²) in [5.74, 6) is 0.213. The van der Waals surface area contributed by atoms with Crippen LogP contribution < -0.4 is 4.90 Å². The van der Waals surface area contributed by atoms with Gasteiger partial charge in [-0.2, -0.15) is 11.8 Å². The molecule has 0 bridgehead atoms. The summed E-state index contributed by atoms with van der Waals surface area (Å²) in [6.07, 6.45) is 3.19. The number of thioether (sulfide) groups is 1. The fourth-order valence-electron chi connectivity index (χ4n) is 2.01. The number of hydrogen-bond donors (Lipinski definition) is 1. The number of nitrogens with zero attached hydrogens (tertiary/aromatic N) is 1. The first-order chi connectivity index (χ1) is 8.51. The summed E-state index contributed by atoms with van der Waals surface area (Å²) in [5, 5.41) is 9.02. The van der Waals surface area contributed by atoms with Crippen LogP contribution in [0.4, 0.5) is 5.69 Å². The van der Waals surface area contributed by atoms with Gasteiger partial charge in [0.05, 0.1) is 5.56 Å². The highest BCUT2D eigenvalue weighted by Gasteiger charge is 2.14. The minimum absolute atomic E-state index is 0.380. The Bertz CT molecular complexity index is 420. The van der Waals surface area contributed by atoms with Crippen LogP contribution in [0.5, 0.6) is 0 Å². The second kappa shape index (κ2) is 6.69. The topological polar surface area (TPSA) is 40.5 Å². The molecule has 100 valence electrons. The quantitative estimate of drug-likeness (QED) is 0.859. The van der Waals surface area contributed by atoms with Crippen molar-refractivity contribution in [3.8, 4) is 0 Å². The van der Waals surface area contributed by atoms with Gasteiger partial charge < -0.3 is 10.0 Å². The number of aromatic carboxylic acids is 1. The van der Waals surface area contributed by atoms with E-state index < -0.39 is 5.97 Å². The van der Waals surface area contributed by atoms with Crippen LogP contribution in [0.25, 0.3) is 0 Å². The summed E-state index contributed by atoms with van der Waals surface area (Å²) in [7, 11) is 2.07. The molecule has 1 aromatic carbocycles. The van der Waals surface area contributed by atoms with Crippen molar-refractivity contribution in [3.05, 3.63) is 29.3 Å². The molecule has 1 atom stereocenters. The molecule has 0 aliphatic rings. The van der Waals surface area contributed by atoms with E-state index in [1.807, 2.05) is 30.8 Å². The summed E-state index contributed by atoms with van der Waals surface area (Å²) < 4.78 is 0. The average Bonchev–Trinajstić information content (AvgIpc) is 2.34. The van der Waals surface area contributed by atoms with E-state index in [1.54, 1.807) is 6.07 Å². The van der Waals surface area contributed by atoms with E-state index in [9.17, 15) is 4.79 Å². The van der Waals surface area contributed by atoms with Crippen molar-refractivity contribution < 1.29 is 9.90 Å². The molecule has 1 rings (SSSR count). The standard InChI is InChI=1S/C14H21NO2S/c1-5-11(9-18-4)15(3)12-6-7-13(14(16)17)10(2)8-12/h6-8,11H,5,9H2,1-4H3,(H,16,17). The molecular weight excluding hydrogens is 246 g/mol. The highest BCUT2D eigenvalue weighted by Crippen LogP contribution is 2.22. The molecule has 0 saturated carbocycles. The number of anilines is 1. The molecule has 0 aliphatic carbocycles. The van der Waals surface area contributed by atoms with Crippen LogP contribution in [0, 0.1) is 6.92 Å². The number of carboxylic acids is 1. The maximum atomic E-state index is 11.0. The molecule has 0 amide bonds. The number of carboxylic acid groups (broad SMARTS) is 1. The van der Waals surface area contributed by atoms with Gasteiger partial charge in [0.25, 0.3) is 0 Å². The lowest BCUT2D eigenvalue weighted by Crippen LogP contribution is -2.33. The van der Waals surface area contributed by atoms with Gasteiger partial charge in [-0.15, -0.1) is 0 Å². The van der Waals surface area contributed by atoms with Gasteiger partial charge in [-0.1, -0.05) is 6.92 Å². The second-order valence-corrected chi connectivity index (χ2v) is 5.34. The fourth-order valence-corrected chi connectivity index (χ4v) is 2.86. The molecule has 0 heterocycles. The van der Waals surface area contributed by atoms with Crippen LogP contribution in [0.15, 0.2) is 18.2 Å². The van der Waals surface area contributed by atoms with E-state index in [0.29, 0.717) is 11.6 Å². The Kier molecular flexibility index (Phi) is 5.54. The number of benzene rings is 1. The van der Waals surface area contributed by atoms with Crippen LogP contribution in [0.3, 0.4) is 0 Å². The van der Waals surface area contributed by atoms with Gasteiger partial charge in [0.15, 0.2) is 0 Å². The van der Waals surface area contributed by atoms with Gasteiger partial charge in [-0.3, -0.25) is 0 Å². The highest BCUT2D eigenvalue weighted by molar-refractivity contribution is 7.98. The smallest absolute Gasteiger partial charge is 0.335 e. The summed E-state index contributed by atoms with van der Waals surface area (Å²) in [4.78, 5) is 13.2. The summed E-state index contributed by atoms with van der Waals surface area (Å²) >= 11 is 1.83. The molecule has 0 radical (unpaired) electrons. The Hall–Kier alpha value is -1.16. The average molecular weight is 267 g/mol. The zero-order chi connectivity index (χ0) is 13.7. The lowest BCUT2D eigenvalue weighted by molar-refractivity contribution is 0.0696. The van der Waals surface area contributed by atoms with Gasteiger partial charge in [0.1, 0.15) is 0 Å². The normalized spacial score (nSPS) is 12.2.